The molecule has 1 atom stereocenters. The molecule has 0 spiro atoms. The molecule has 0 aliphatic heterocycles. The fourth-order valence-corrected chi connectivity index (χ4v) is 1.97. The minimum Gasteiger partial charge on any atom is -0.387 e. The minimum atomic E-state index is -0.850. The zero-order chi connectivity index (χ0) is 15.9. The van der Waals surface area contributed by atoms with Crippen LogP contribution in [0, 0.1) is 6.92 Å². The van der Waals surface area contributed by atoms with Crippen LogP contribution in [0.3, 0.4) is 0 Å². The van der Waals surface area contributed by atoms with E-state index in [-0.39, 0.29) is 6.54 Å². The first-order chi connectivity index (χ1) is 10.6. The summed E-state index contributed by atoms with van der Waals surface area (Å²) < 4.78 is 0. The zero-order valence-corrected chi connectivity index (χ0v) is 12.2. The summed E-state index contributed by atoms with van der Waals surface area (Å²) in [5.74, 6) is -1.54. The van der Waals surface area contributed by atoms with Crippen LogP contribution in [-0.2, 0) is 9.59 Å². The summed E-state index contributed by atoms with van der Waals surface area (Å²) in [6.07, 6.45) is -0.850. The molecule has 0 aliphatic carbocycles. The van der Waals surface area contributed by atoms with Gasteiger partial charge in [-0.1, -0.05) is 42.5 Å². The van der Waals surface area contributed by atoms with Crippen LogP contribution < -0.4 is 10.6 Å². The first-order valence-corrected chi connectivity index (χ1v) is 6.95. The monoisotopic (exact) mass is 298 g/mol. The summed E-state index contributed by atoms with van der Waals surface area (Å²) in [5.41, 5.74) is 2.23. The first-order valence-electron chi connectivity index (χ1n) is 6.95. The van der Waals surface area contributed by atoms with Crippen molar-refractivity contribution >= 4 is 17.5 Å². The number of aliphatic hydroxyl groups excluding tert-OH is 1. The molecule has 0 saturated carbocycles. The molecule has 2 amide bonds. The Bertz CT molecular complexity index is 656. The predicted molar refractivity (Wildman–Crippen MR) is 84.2 cm³/mol. The number of carbonyl (C=O) groups excluding carboxylic acids is 2. The maximum atomic E-state index is 11.8. The number of hydrogen-bond acceptors (Lipinski definition) is 3. The molecule has 0 radical (unpaired) electrons. The van der Waals surface area contributed by atoms with Gasteiger partial charge in [-0.15, -0.1) is 0 Å². The number of anilines is 1. The van der Waals surface area contributed by atoms with E-state index in [0.717, 1.165) is 5.56 Å². The van der Waals surface area contributed by atoms with E-state index >= 15 is 0 Å². The zero-order valence-electron chi connectivity index (χ0n) is 12.2. The van der Waals surface area contributed by atoms with Crippen LogP contribution in [0.4, 0.5) is 5.69 Å². The van der Waals surface area contributed by atoms with Gasteiger partial charge in [0.25, 0.3) is 0 Å². The van der Waals surface area contributed by atoms with Crippen molar-refractivity contribution in [2.75, 3.05) is 11.9 Å². The van der Waals surface area contributed by atoms with E-state index in [1.165, 1.54) is 0 Å². The van der Waals surface area contributed by atoms with E-state index < -0.39 is 17.9 Å². The number of nitrogens with one attached hydrogen (secondary N) is 2. The van der Waals surface area contributed by atoms with Crippen molar-refractivity contribution in [1.82, 2.24) is 5.32 Å². The van der Waals surface area contributed by atoms with Crippen LogP contribution in [0.2, 0.25) is 0 Å². The van der Waals surface area contributed by atoms with Crippen LogP contribution in [-0.4, -0.2) is 23.5 Å². The molecule has 5 heteroatoms. The number of amides is 2. The lowest BCUT2D eigenvalue weighted by Gasteiger charge is -2.12. The van der Waals surface area contributed by atoms with E-state index in [0.29, 0.717) is 11.3 Å². The van der Waals surface area contributed by atoms with Crippen molar-refractivity contribution in [3.8, 4) is 0 Å². The van der Waals surface area contributed by atoms with E-state index in [9.17, 15) is 14.7 Å². The molecule has 0 heterocycles. The quantitative estimate of drug-likeness (QED) is 0.753. The third kappa shape index (κ3) is 4.43. The second kappa shape index (κ2) is 7.38. The molecular weight excluding hydrogens is 280 g/mol. The third-order valence-electron chi connectivity index (χ3n) is 3.12. The number of rotatable bonds is 4. The highest BCUT2D eigenvalue weighted by atomic mass is 16.3. The smallest absolute Gasteiger partial charge is 0.313 e. The average Bonchev–Trinajstić information content (AvgIpc) is 2.53. The molecule has 0 fully saturated rings. The van der Waals surface area contributed by atoms with Crippen LogP contribution in [0.5, 0.6) is 0 Å². The molecule has 114 valence electrons. The van der Waals surface area contributed by atoms with Gasteiger partial charge in [0.2, 0.25) is 0 Å². The Morgan fingerprint density at radius 1 is 1.05 bits per heavy atom. The second-order valence-electron chi connectivity index (χ2n) is 4.96. The summed E-state index contributed by atoms with van der Waals surface area (Å²) in [5, 5.41) is 14.9. The summed E-state index contributed by atoms with van der Waals surface area (Å²) >= 11 is 0. The van der Waals surface area contributed by atoms with Gasteiger partial charge < -0.3 is 15.7 Å². The molecule has 0 saturated heterocycles. The van der Waals surface area contributed by atoms with Crippen molar-refractivity contribution in [1.29, 1.82) is 0 Å². The second-order valence-corrected chi connectivity index (χ2v) is 4.96. The molecule has 5 nitrogen and oxygen atoms in total. The van der Waals surface area contributed by atoms with Gasteiger partial charge >= 0.3 is 11.8 Å². The molecule has 2 rings (SSSR count). The van der Waals surface area contributed by atoms with Crippen LogP contribution >= 0.6 is 0 Å². The Morgan fingerprint density at radius 3 is 2.45 bits per heavy atom. The first kappa shape index (κ1) is 15.7. The Morgan fingerprint density at radius 2 is 1.77 bits per heavy atom. The maximum absolute atomic E-state index is 11.8. The Balaban J connectivity index is 1.85. The summed E-state index contributed by atoms with van der Waals surface area (Å²) in [6.45, 7) is 1.87. The normalized spacial score (nSPS) is 11.5. The van der Waals surface area contributed by atoms with E-state index in [1.807, 2.05) is 19.1 Å². The number of benzene rings is 2. The highest BCUT2D eigenvalue weighted by molar-refractivity contribution is 6.39. The van der Waals surface area contributed by atoms with Gasteiger partial charge in [0, 0.05) is 12.2 Å². The number of aliphatic hydroxyl groups is 1. The molecule has 0 unspecified atom stereocenters. The van der Waals surface area contributed by atoms with Crippen LogP contribution in [0.15, 0.2) is 54.6 Å². The molecule has 2 aromatic carbocycles. The van der Waals surface area contributed by atoms with E-state index in [2.05, 4.69) is 10.6 Å². The van der Waals surface area contributed by atoms with Gasteiger partial charge in [-0.3, -0.25) is 9.59 Å². The Hall–Kier alpha value is -2.66. The van der Waals surface area contributed by atoms with Crippen molar-refractivity contribution < 1.29 is 14.7 Å². The largest absolute Gasteiger partial charge is 0.387 e. The minimum absolute atomic E-state index is 0.0237. The lowest BCUT2D eigenvalue weighted by atomic mass is 10.1. The van der Waals surface area contributed by atoms with Gasteiger partial charge in [-0.25, -0.2) is 0 Å². The van der Waals surface area contributed by atoms with Crippen LogP contribution in [0.1, 0.15) is 17.2 Å². The Labute approximate surface area is 129 Å². The topological polar surface area (TPSA) is 78.4 Å². The highest BCUT2D eigenvalue weighted by Gasteiger charge is 2.15. The lowest BCUT2D eigenvalue weighted by Crippen LogP contribution is -2.37. The summed E-state index contributed by atoms with van der Waals surface area (Å²) in [4.78, 5) is 23.5. The average molecular weight is 298 g/mol. The standard InChI is InChI=1S/C17H18N2O3/c1-12-6-5-9-14(10-12)19-17(22)16(21)18-11-15(20)13-7-3-2-4-8-13/h2-10,15,20H,11H2,1H3,(H,18,21)(H,19,22)/t15-/m0/s1. The number of carbonyl (C=O) groups is 2. The highest BCUT2D eigenvalue weighted by Crippen LogP contribution is 2.11. The third-order valence-corrected chi connectivity index (χ3v) is 3.12. The summed E-state index contributed by atoms with van der Waals surface area (Å²) in [7, 11) is 0. The molecule has 0 bridgehead atoms. The molecule has 2 aromatic rings. The van der Waals surface area contributed by atoms with Gasteiger partial charge in [-0.05, 0) is 30.2 Å². The molecule has 3 N–H and O–H groups in total. The van der Waals surface area contributed by atoms with E-state index in [4.69, 9.17) is 0 Å². The molecule has 22 heavy (non-hydrogen) atoms. The lowest BCUT2D eigenvalue weighted by molar-refractivity contribution is -0.136. The van der Waals surface area contributed by atoms with Gasteiger partial charge in [-0.2, -0.15) is 0 Å². The van der Waals surface area contributed by atoms with Gasteiger partial charge in [0.1, 0.15) is 0 Å². The molecule has 0 aliphatic rings. The summed E-state index contributed by atoms with van der Waals surface area (Å²) in [6, 6.07) is 16.1. The molecular formula is C17H18N2O3. The van der Waals surface area contributed by atoms with E-state index in [1.54, 1.807) is 42.5 Å². The Kier molecular flexibility index (Phi) is 5.27. The number of hydrogen-bond donors (Lipinski definition) is 3. The fourth-order valence-electron chi connectivity index (χ4n) is 1.97. The van der Waals surface area contributed by atoms with Crippen molar-refractivity contribution in [3.63, 3.8) is 0 Å². The fraction of sp³-hybridized carbons (Fsp3) is 0.176. The van der Waals surface area contributed by atoms with Crippen LogP contribution in [0.25, 0.3) is 0 Å². The van der Waals surface area contributed by atoms with Gasteiger partial charge in [0.15, 0.2) is 0 Å². The maximum Gasteiger partial charge on any atom is 0.313 e. The number of aryl methyl sites for hydroxylation is 1. The van der Waals surface area contributed by atoms with Crippen molar-refractivity contribution in [3.05, 3.63) is 65.7 Å². The van der Waals surface area contributed by atoms with Crippen molar-refractivity contribution in [2.45, 2.75) is 13.0 Å². The van der Waals surface area contributed by atoms with Gasteiger partial charge in [0.05, 0.1) is 6.10 Å². The van der Waals surface area contributed by atoms with Crippen molar-refractivity contribution in [2.24, 2.45) is 0 Å². The SMILES string of the molecule is Cc1cccc(NC(=O)C(=O)NC[C@H](O)c2ccccc2)c1. The predicted octanol–water partition coefficient (Wildman–Crippen LogP) is 1.78. The molecule has 0 aromatic heterocycles.